The molecule has 21 heavy (non-hydrogen) atoms. The number of piperazine rings is 1. The minimum absolute atomic E-state index is 0.101. The van der Waals surface area contributed by atoms with Gasteiger partial charge < -0.3 is 15.0 Å². The van der Waals surface area contributed by atoms with Gasteiger partial charge in [-0.25, -0.2) is 4.79 Å². The number of carbonyl (C=O) groups excluding carboxylic acids is 1. The molecule has 2 atom stereocenters. The molecule has 2 fully saturated rings. The smallest absolute Gasteiger partial charge is 0.317 e. The molecule has 0 aromatic heterocycles. The van der Waals surface area contributed by atoms with E-state index < -0.39 is 10.2 Å². The van der Waals surface area contributed by atoms with Crippen molar-refractivity contribution in [3.05, 3.63) is 0 Å². The van der Waals surface area contributed by atoms with Gasteiger partial charge >= 0.3 is 6.03 Å². The van der Waals surface area contributed by atoms with E-state index in [2.05, 4.69) is 5.32 Å². The number of rotatable bonds is 2. The SMILES string of the molecule is CNC(=O)N1CCN(S(=O)(=O)N2C[C@H](C)O[C@@H](C)C2)CC1. The van der Waals surface area contributed by atoms with Crippen molar-refractivity contribution in [3.8, 4) is 0 Å². The Morgan fingerprint density at radius 1 is 1.05 bits per heavy atom. The third kappa shape index (κ3) is 3.65. The van der Waals surface area contributed by atoms with E-state index in [1.165, 1.54) is 8.61 Å². The molecule has 0 saturated carbocycles. The van der Waals surface area contributed by atoms with Crippen molar-refractivity contribution in [2.45, 2.75) is 26.1 Å². The van der Waals surface area contributed by atoms with E-state index >= 15 is 0 Å². The Morgan fingerprint density at radius 2 is 1.57 bits per heavy atom. The lowest BCUT2D eigenvalue weighted by molar-refractivity contribution is -0.0456. The van der Waals surface area contributed by atoms with Crippen LogP contribution >= 0.6 is 0 Å². The molecular weight excluding hydrogens is 296 g/mol. The minimum Gasteiger partial charge on any atom is -0.373 e. The van der Waals surface area contributed by atoms with E-state index in [0.29, 0.717) is 39.3 Å². The molecule has 0 unspecified atom stereocenters. The van der Waals surface area contributed by atoms with Crippen LogP contribution in [0.3, 0.4) is 0 Å². The standard InChI is InChI=1S/C12H24N4O4S/c1-10-8-16(9-11(2)20-10)21(18,19)15-6-4-14(5-7-15)12(17)13-3/h10-11H,4-9H2,1-3H3,(H,13,17)/t10-,11-/m0/s1. The fraction of sp³-hybridized carbons (Fsp3) is 0.917. The van der Waals surface area contributed by atoms with Crippen LogP contribution in [0.2, 0.25) is 0 Å². The van der Waals surface area contributed by atoms with E-state index in [-0.39, 0.29) is 18.2 Å². The summed E-state index contributed by atoms with van der Waals surface area (Å²) in [6.07, 6.45) is -0.202. The van der Waals surface area contributed by atoms with E-state index in [1.807, 2.05) is 13.8 Å². The third-order valence-corrected chi connectivity index (χ3v) is 5.75. The topological polar surface area (TPSA) is 82.2 Å². The molecule has 122 valence electrons. The number of hydrogen-bond donors (Lipinski definition) is 1. The van der Waals surface area contributed by atoms with E-state index in [0.717, 1.165) is 0 Å². The molecule has 2 amide bonds. The first-order valence-electron chi connectivity index (χ1n) is 7.22. The fourth-order valence-corrected chi connectivity index (χ4v) is 4.51. The second kappa shape index (κ2) is 6.47. The highest BCUT2D eigenvalue weighted by Gasteiger charge is 2.37. The molecule has 0 aromatic carbocycles. The van der Waals surface area contributed by atoms with Crippen LogP contribution in [0.5, 0.6) is 0 Å². The maximum Gasteiger partial charge on any atom is 0.317 e. The number of urea groups is 1. The van der Waals surface area contributed by atoms with Crippen molar-refractivity contribution in [1.29, 1.82) is 0 Å². The Balaban J connectivity index is 1.99. The maximum atomic E-state index is 12.7. The van der Waals surface area contributed by atoms with Gasteiger partial charge in [0.15, 0.2) is 0 Å². The van der Waals surface area contributed by atoms with Crippen molar-refractivity contribution >= 4 is 16.2 Å². The van der Waals surface area contributed by atoms with Crippen LogP contribution in [0.1, 0.15) is 13.8 Å². The Kier molecular flexibility index (Phi) is 5.07. The van der Waals surface area contributed by atoms with Gasteiger partial charge in [-0.15, -0.1) is 0 Å². The first kappa shape index (κ1) is 16.5. The van der Waals surface area contributed by atoms with Gasteiger partial charge in [0.05, 0.1) is 12.2 Å². The summed E-state index contributed by atoms with van der Waals surface area (Å²) in [6, 6.07) is -0.166. The average molecular weight is 320 g/mol. The van der Waals surface area contributed by atoms with Crippen molar-refractivity contribution in [3.63, 3.8) is 0 Å². The van der Waals surface area contributed by atoms with Gasteiger partial charge in [-0.05, 0) is 13.8 Å². The summed E-state index contributed by atoms with van der Waals surface area (Å²) in [4.78, 5) is 13.2. The van der Waals surface area contributed by atoms with Crippen molar-refractivity contribution in [2.75, 3.05) is 46.3 Å². The van der Waals surface area contributed by atoms with Gasteiger partial charge in [0, 0.05) is 46.3 Å². The van der Waals surface area contributed by atoms with Gasteiger partial charge in [0.1, 0.15) is 0 Å². The zero-order valence-electron chi connectivity index (χ0n) is 12.8. The van der Waals surface area contributed by atoms with Crippen LogP contribution in [0.25, 0.3) is 0 Å². The Bertz CT molecular complexity index is 466. The summed E-state index contributed by atoms with van der Waals surface area (Å²) in [7, 11) is -1.91. The number of carbonyl (C=O) groups is 1. The van der Waals surface area contributed by atoms with Gasteiger partial charge in [0.2, 0.25) is 0 Å². The number of ether oxygens (including phenoxy) is 1. The normalized spacial score (nSPS) is 29.4. The first-order chi connectivity index (χ1) is 9.84. The molecule has 1 N–H and O–H groups in total. The lowest BCUT2D eigenvalue weighted by atomic mass is 10.3. The molecule has 9 heteroatoms. The van der Waals surface area contributed by atoms with Crippen LogP contribution in [-0.2, 0) is 14.9 Å². The maximum absolute atomic E-state index is 12.7. The minimum atomic E-state index is -3.48. The van der Waals surface area contributed by atoms with Gasteiger partial charge in [-0.3, -0.25) is 0 Å². The molecule has 0 aliphatic carbocycles. The summed E-state index contributed by atoms with van der Waals surface area (Å²) in [6.45, 7) is 5.99. The number of morpholine rings is 1. The highest BCUT2D eigenvalue weighted by atomic mass is 32.2. The number of amides is 2. The molecule has 2 saturated heterocycles. The zero-order chi connectivity index (χ0) is 15.6. The fourth-order valence-electron chi connectivity index (χ4n) is 2.76. The monoisotopic (exact) mass is 320 g/mol. The molecule has 0 spiro atoms. The van der Waals surface area contributed by atoms with Crippen LogP contribution in [0, 0.1) is 0 Å². The molecule has 0 radical (unpaired) electrons. The van der Waals surface area contributed by atoms with Crippen LogP contribution < -0.4 is 5.32 Å². The Hall–Kier alpha value is -0.900. The molecule has 8 nitrogen and oxygen atoms in total. The first-order valence-corrected chi connectivity index (χ1v) is 8.61. The highest BCUT2D eigenvalue weighted by Crippen LogP contribution is 2.18. The van der Waals surface area contributed by atoms with Crippen molar-refractivity contribution in [1.82, 2.24) is 18.8 Å². The highest BCUT2D eigenvalue weighted by molar-refractivity contribution is 7.86. The summed E-state index contributed by atoms with van der Waals surface area (Å²) in [5.41, 5.74) is 0. The Labute approximate surface area is 126 Å². The van der Waals surface area contributed by atoms with Gasteiger partial charge in [-0.2, -0.15) is 17.0 Å². The lowest BCUT2D eigenvalue weighted by Gasteiger charge is -2.40. The largest absolute Gasteiger partial charge is 0.373 e. The molecule has 0 bridgehead atoms. The Morgan fingerprint density at radius 3 is 2.05 bits per heavy atom. The summed E-state index contributed by atoms with van der Waals surface area (Å²) in [5, 5.41) is 2.56. The van der Waals surface area contributed by atoms with Gasteiger partial charge in [0.25, 0.3) is 10.2 Å². The molecule has 0 aromatic rings. The second-order valence-electron chi connectivity index (χ2n) is 5.52. The summed E-state index contributed by atoms with van der Waals surface area (Å²) in [5.74, 6) is 0. The predicted octanol–water partition coefficient (Wildman–Crippen LogP) is -0.703. The van der Waals surface area contributed by atoms with Gasteiger partial charge in [-0.1, -0.05) is 0 Å². The van der Waals surface area contributed by atoms with Crippen molar-refractivity contribution < 1.29 is 17.9 Å². The van der Waals surface area contributed by atoms with E-state index in [4.69, 9.17) is 4.74 Å². The molecular formula is C12H24N4O4S. The van der Waals surface area contributed by atoms with Crippen LogP contribution in [0.15, 0.2) is 0 Å². The molecule has 2 aliphatic rings. The zero-order valence-corrected chi connectivity index (χ0v) is 13.6. The number of nitrogens with zero attached hydrogens (tertiary/aromatic N) is 3. The molecule has 2 heterocycles. The van der Waals surface area contributed by atoms with E-state index in [1.54, 1.807) is 11.9 Å². The number of nitrogens with one attached hydrogen (secondary N) is 1. The molecule has 2 rings (SSSR count). The lowest BCUT2D eigenvalue weighted by Crippen LogP contribution is -2.58. The predicted molar refractivity (Wildman–Crippen MR) is 78.1 cm³/mol. The third-order valence-electron chi connectivity index (χ3n) is 3.78. The molecule has 2 aliphatic heterocycles. The second-order valence-corrected chi connectivity index (χ2v) is 7.45. The summed E-state index contributed by atoms with van der Waals surface area (Å²) < 4.78 is 33.8. The quantitative estimate of drug-likeness (QED) is 0.729. The van der Waals surface area contributed by atoms with Crippen LogP contribution in [0.4, 0.5) is 4.79 Å². The van der Waals surface area contributed by atoms with E-state index in [9.17, 15) is 13.2 Å². The van der Waals surface area contributed by atoms with Crippen molar-refractivity contribution in [2.24, 2.45) is 0 Å². The summed E-state index contributed by atoms with van der Waals surface area (Å²) >= 11 is 0. The number of hydrogen-bond acceptors (Lipinski definition) is 4. The van der Waals surface area contributed by atoms with Crippen LogP contribution in [-0.4, -0.2) is 86.5 Å². The average Bonchev–Trinajstić information content (AvgIpc) is 2.45.